The topological polar surface area (TPSA) is 63.6 Å². The highest BCUT2D eigenvalue weighted by Gasteiger charge is 2.15. The second-order valence-corrected chi connectivity index (χ2v) is 3.44. The van der Waals surface area contributed by atoms with Gasteiger partial charge in [0.05, 0.1) is 6.10 Å². The largest absolute Gasteiger partial charge is 0.462 e. The molecule has 0 aromatic heterocycles. The van der Waals surface area contributed by atoms with E-state index in [1.54, 1.807) is 6.92 Å². The van der Waals surface area contributed by atoms with Crippen molar-refractivity contribution in [3.63, 3.8) is 0 Å². The monoisotopic (exact) mass is 198 g/mol. The first-order valence-corrected chi connectivity index (χ1v) is 4.66. The average Bonchev–Trinajstić information content (AvgIpc) is 2.10. The summed E-state index contributed by atoms with van der Waals surface area (Å²) in [6.45, 7) is 1.68. The third-order valence-electron chi connectivity index (χ3n) is 1.97. The van der Waals surface area contributed by atoms with Crippen LogP contribution in [0.25, 0.3) is 0 Å². The van der Waals surface area contributed by atoms with Gasteiger partial charge in [0.1, 0.15) is 6.10 Å². The van der Waals surface area contributed by atoms with Crippen molar-refractivity contribution >= 4 is 11.8 Å². The lowest BCUT2D eigenvalue weighted by molar-refractivity contribution is -0.149. The lowest BCUT2D eigenvalue weighted by Gasteiger charge is -2.14. The Kier molecular flexibility index (Phi) is 3.83. The number of hydrogen-bond acceptors (Lipinski definition) is 4. The van der Waals surface area contributed by atoms with Gasteiger partial charge in [0.25, 0.3) is 0 Å². The molecule has 0 aromatic carbocycles. The molecule has 0 radical (unpaired) electrons. The van der Waals surface area contributed by atoms with Crippen LogP contribution in [0, 0.1) is 0 Å². The fourth-order valence-corrected chi connectivity index (χ4v) is 1.26. The number of carbonyl (C=O) groups excluding carboxylic acids is 2. The van der Waals surface area contributed by atoms with Crippen LogP contribution < -0.4 is 0 Å². The predicted molar refractivity (Wildman–Crippen MR) is 49.6 cm³/mol. The van der Waals surface area contributed by atoms with Gasteiger partial charge in [-0.25, -0.2) is 0 Å². The molecule has 2 unspecified atom stereocenters. The maximum absolute atomic E-state index is 11.2. The maximum Gasteiger partial charge on any atom is 0.306 e. The predicted octanol–water partition coefficient (Wildman–Crippen LogP) is 0.588. The maximum atomic E-state index is 11.2. The minimum Gasteiger partial charge on any atom is -0.462 e. The van der Waals surface area contributed by atoms with Gasteiger partial charge in [-0.1, -0.05) is 6.08 Å². The molecule has 0 saturated heterocycles. The van der Waals surface area contributed by atoms with Gasteiger partial charge in [0.15, 0.2) is 5.78 Å². The fourth-order valence-electron chi connectivity index (χ4n) is 1.26. The number of aliphatic hydroxyl groups excluding tert-OH is 1. The molecule has 78 valence electrons. The van der Waals surface area contributed by atoms with E-state index in [-0.39, 0.29) is 30.7 Å². The van der Waals surface area contributed by atoms with Crippen molar-refractivity contribution in [2.24, 2.45) is 0 Å². The Morgan fingerprint density at radius 2 is 2.21 bits per heavy atom. The Labute approximate surface area is 82.6 Å². The van der Waals surface area contributed by atoms with Crippen molar-refractivity contribution in [3.8, 4) is 0 Å². The van der Waals surface area contributed by atoms with E-state index in [1.807, 2.05) is 0 Å². The number of hydrogen-bond donors (Lipinski definition) is 1. The fraction of sp³-hybridized carbons (Fsp3) is 0.600. The van der Waals surface area contributed by atoms with Gasteiger partial charge in [-0.3, -0.25) is 9.59 Å². The molecule has 0 saturated carbocycles. The van der Waals surface area contributed by atoms with Gasteiger partial charge in [-0.15, -0.1) is 0 Å². The summed E-state index contributed by atoms with van der Waals surface area (Å²) in [6.07, 6.45) is 2.32. The molecule has 0 amide bonds. The Morgan fingerprint density at radius 1 is 1.50 bits per heavy atom. The normalized spacial score (nSPS) is 32.1. The Morgan fingerprint density at radius 3 is 2.93 bits per heavy atom. The third-order valence-corrected chi connectivity index (χ3v) is 1.97. The first-order chi connectivity index (χ1) is 6.58. The van der Waals surface area contributed by atoms with Crippen LogP contribution in [0.1, 0.15) is 26.2 Å². The van der Waals surface area contributed by atoms with Crippen LogP contribution in [-0.4, -0.2) is 29.1 Å². The number of ketones is 1. The molecule has 0 aliphatic carbocycles. The molecular weight excluding hydrogens is 184 g/mol. The number of carbonyl (C=O) groups is 2. The van der Waals surface area contributed by atoms with E-state index in [2.05, 4.69) is 0 Å². The lowest BCUT2D eigenvalue weighted by atomic mass is 10.1. The molecule has 0 bridgehead atoms. The zero-order chi connectivity index (χ0) is 10.6. The van der Waals surface area contributed by atoms with Crippen LogP contribution in [0.2, 0.25) is 0 Å². The van der Waals surface area contributed by atoms with Gasteiger partial charge in [0.2, 0.25) is 0 Å². The van der Waals surface area contributed by atoms with E-state index in [0.717, 1.165) is 0 Å². The van der Waals surface area contributed by atoms with Gasteiger partial charge in [0, 0.05) is 12.8 Å². The smallest absolute Gasteiger partial charge is 0.306 e. The van der Waals surface area contributed by atoms with Crippen molar-refractivity contribution in [1.29, 1.82) is 0 Å². The minimum atomic E-state index is -0.736. The van der Waals surface area contributed by atoms with Gasteiger partial charge >= 0.3 is 5.97 Å². The van der Waals surface area contributed by atoms with Crippen LogP contribution in [0.15, 0.2) is 12.2 Å². The molecule has 1 N–H and O–H groups in total. The number of ether oxygens (including phenoxy) is 1. The van der Waals surface area contributed by atoms with Crippen LogP contribution in [0.3, 0.4) is 0 Å². The van der Waals surface area contributed by atoms with Crippen molar-refractivity contribution in [3.05, 3.63) is 12.2 Å². The first-order valence-electron chi connectivity index (χ1n) is 4.66. The highest BCUT2D eigenvalue weighted by Crippen LogP contribution is 2.08. The lowest BCUT2D eigenvalue weighted by Crippen LogP contribution is -2.20. The van der Waals surface area contributed by atoms with Gasteiger partial charge < -0.3 is 9.84 Å². The zero-order valence-corrected chi connectivity index (χ0v) is 8.10. The van der Waals surface area contributed by atoms with Crippen molar-refractivity contribution < 1.29 is 19.4 Å². The molecule has 14 heavy (non-hydrogen) atoms. The summed E-state index contributed by atoms with van der Waals surface area (Å²) in [5, 5.41) is 9.29. The van der Waals surface area contributed by atoms with E-state index < -0.39 is 6.10 Å². The Hall–Kier alpha value is -1.16. The summed E-state index contributed by atoms with van der Waals surface area (Å²) in [5.41, 5.74) is 0. The molecule has 4 nitrogen and oxygen atoms in total. The SMILES string of the molecule is CC1CC(=O)/C=C/C(O)CCC(=O)O1. The van der Waals surface area contributed by atoms with E-state index in [0.29, 0.717) is 6.42 Å². The second kappa shape index (κ2) is 4.91. The number of aliphatic hydroxyl groups is 1. The Balaban J connectivity index is 2.65. The molecule has 0 aromatic rings. The van der Waals surface area contributed by atoms with Crippen LogP contribution in [-0.2, 0) is 14.3 Å². The van der Waals surface area contributed by atoms with Crippen molar-refractivity contribution in [2.75, 3.05) is 0 Å². The van der Waals surface area contributed by atoms with Crippen LogP contribution in [0.4, 0.5) is 0 Å². The average molecular weight is 198 g/mol. The summed E-state index contributed by atoms with van der Waals surface area (Å²) in [5.74, 6) is -0.495. The van der Waals surface area contributed by atoms with Crippen LogP contribution in [0.5, 0.6) is 0 Å². The molecule has 1 heterocycles. The molecule has 1 aliphatic rings. The molecule has 2 atom stereocenters. The van der Waals surface area contributed by atoms with E-state index in [1.165, 1.54) is 12.2 Å². The van der Waals surface area contributed by atoms with Crippen molar-refractivity contribution in [2.45, 2.75) is 38.4 Å². The number of esters is 1. The zero-order valence-electron chi connectivity index (χ0n) is 8.10. The molecule has 0 fully saturated rings. The highest BCUT2D eigenvalue weighted by molar-refractivity contribution is 5.90. The molecule has 1 rings (SSSR count). The van der Waals surface area contributed by atoms with Gasteiger partial charge in [-0.2, -0.15) is 0 Å². The first kappa shape index (κ1) is 10.9. The summed E-state index contributed by atoms with van der Waals surface area (Å²) in [6, 6.07) is 0. The van der Waals surface area contributed by atoms with Gasteiger partial charge in [-0.05, 0) is 19.4 Å². The van der Waals surface area contributed by atoms with E-state index in [9.17, 15) is 14.7 Å². The number of rotatable bonds is 0. The Bertz CT molecular complexity index is 257. The number of allylic oxidation sites excluding steroid dienone is 1. The molecule has 4 heteroatoms. The minimum absolute atomic E-state index is 0.133. The third kappa shape index (κ3) is 3.70. The summed E-state index contributed by atoms with van der Waals surface area (Å²) < 4.78 is 4.94. The second-order valence-electron chi connectivity index (χ2n) is 3.44. The summed E-state index contributed by atoms with van der Waals surface area (Å²) in [7, 11) is 0. The molecular formula is C10H14O4. The number of cyclic esters (lactones) is 1. The quantitative estimate of drug-likeness (QED) is 0.578. The standard InChI is InChI=1S/C10H14O4/c1-7-6-9(12)3-2-8(11)4-5-10(13)14-7/h2-3,7-8,11H,4-6H2,1H3/b3-2+. The summed E-state index contributed by atoms with van der Waals surface area (Å²) in [4.78, 5) is 22.3. The van der Waals surface area contributed by atoms with E-state index in [4.69, 9.17) is 4.74 Å². The van der Waals surface area contributed by atoms with E-state index >= 15 is 0 Å². The van der Waals surface area contributed by atoms with Crippen molar-refractivity contribution in [1.82, 2.24) is 0 Å². The van der Waals surface area contributed by atoms with Crippen LogP contribution >= 0.6 is 0 Å². The molecule has 0 spiro atoms. The summed E-state index contributed by atoms with van der Waals surface area (Å²) >= 11 is 0. The molecule has 1 aliphatic heterocycles. The highest BCUT2D eigenvalue weighted by atomic mass is 16.5.